The maximum Gasteiger partial charge on any atom is 0.167 e. The lowest BCUT2D eigenvalue weighted by Gasteiger charge is -2.44. The Labute approximate surface area is 119 Å². The Morgan fingerprint density at radius 2 is 2.05 bits per heavy atom. The van der Waals surface area contributed by atoms with Gasteiger partial charge in [-0.05, 0) is 50.9 Å². The van der Waals surface area contributed by atoms with Crippen LogP contribution in [0.4, 0.5) is 10.1 Å². The Morgan fingerprint density at radius 3 is 2.90 bits per heavy atom. The number of piperidine rings is 2. The predicted octanol–water partition coefficient (Wildman–Crippen LogP) is 3.05. The zero-order valence-electron chi connectivity index (χ0n) is 11.9. The van der Waals surface area contributed by atoms with Crippen LogP contribution in [0.25, 0.3) is 0 Å². The molecule has 1 aromatic carbocycles. The molecule has 2 heterocycles. The van der Waals surface area contributed by atoms with E-state index in [4.69, 9.17) is 10.5 Å². The zero-order chi connectivity index (χ0) is 13.9. The fourth-order valence-corrected chi connectivity index (χ4v) is 3.60. The number of rotatable bonds is 3. The molecule has 2 saturated heterocycles. The Balaban J connectivity index is 1.62. The first-order chi connectivity index (χ1) is 9.74. The van der Waals surface area contributed by atoms with E-state index in [2.05, 4.69) is 4.90 Å². The second kappa shape index (κ2) is 6.00. The molecule has 0 aliphatic carbocycles. The summed E-state index contributed by atoms with van der Waals surface area (Å²) in [7, 11) is 0. The number of fused-ring (bicyclic) bond motifs is 1. The summed E-state index contributed by atoms with van der Waals surface area (Å²) in [6.07, 6.45) is 6.31. The number of halogens is 1. The van der Waals surface area contributed by atoms with E-state index < -0.39 is 0 Å². The molecule has 2 aliphatic heterocycles. The molecular formula is C16H23FN2O. The van der Waals surface area contributed by atoms with Crippen LogP contribution >= 0.6 is 0 Å². The SMILES string of the molecule is Nc1ccc(OC[C@@H]2CCCN3CCCC[C@H]23)c(F)c1. The van der Waals surface area contributed by atoms with Gasteiger partial charge >= 0.3 is 0 Å². The summed E-state index contributed by atoms with van der Waals surface area (Å²) < 4.78 is 19.4. The van der Waals surface area contributed by atoms with Crippen molar-refractivity contribution in [2.24, 2.45) is 5.92 Å². The largest absolute Gasteiger partial charge is 0.490 e. The van der Waals surface area contributed by atoms with Gasteiger partial charge in [-0.15, -0.1) is 0 Å². The minimum atomic E-state index is -0.360. The lowest BCUT2D eigenvalue weighted by atomic mass is 9.84. The molecule has 0 unspecified atom stereocenters. The van der Waals surface area contributed by atoms with Crippen LogP contribution in [0.3, 0.4) is 0 Å². The van der Waals surface area contributed by atoms with E-state index in [1.54, 1.807) is 12.1 Å². The molecule has 1 aromatic rings. The average molecular weight is 278 g/mol. The van der Waals surface area contributed by atoms with Crippen LogP contribution < -0.4 is 10.5 Å². The highest BCUT2D eigenvalue weighted by molar-refractivity contribution is 5.42. The minimum Gasteiger partial charge on any atom is -0.490 e. The van der Waals surface area contributed by atoms with Gasteiger partial charge in [0.25, 0.3) is 0 Å². The molecule has 2 aliphatic rings. The third-order valence-corrected chi connectivity index (χ3v) is 4.64. The van der Waals surface area contributed by atoms with Gasteiger partial charge < -0.3 is 10.5 Å². The van der Waals surface area contributed by atoms with Crippen LogP contribution in [0.1, 0.15) is 32.1 Å². The van der Waals surface area contributed by atoms with Crippen LogP contribution in [-0.2, 0) is 0 Å². The second-order valence-electron chi connectivity index (χ2n) is 6.00. The van der Waals surface area contributed by atoms with Crippen molar-refractivity contribution in [3.8, 4) is 5.75 Å². The molecule has 0 saturated carbocycles. The Morgan fingerprint density at radius 1 is 1.20 bits per heavy atom. The van der Waals surface area contributed by atoms with Crippen molar-refractivity contribution in [1.29, 1.82) is 0 Å². The minimum absolute atomic E-state index is 0.326. The first-order valence-electron chi connectivity index (χ1n) is 7.66. The molecule has 110 valence electrons. The molecule has 0 bridgehead atoms. The maximum atomic E-state index is 13.7. The fraction of sp³-hybridized carbons (Fsp3) is 0.625. The third-order valence-electron chi connectivity index (χ3n) is 4.64. The van der Waals surface area contributed by atoms with Gasteiger partial charge in [-0.3, -0.25) is 4.90 Å². The summed E-state index contributed by atoms with van der Waals surface area (Å²) in [5, 5.41) is 0. The van der Waals surface area contributed by atoms with Crippen molar-refractivity contribution in [3.63, 3.8) is 0 Å². The molecule has 20 heavy (non-hydrogen) atoms. The molecule has 3 rings (SSSR count). The summed E-state index contributed by atoms with van der Waals surface area (Å²) in [5.41, 5.74) is 5.99. The quantitative estimate of drug-likeness (QED) is 0.864. The third kappa shape index (κ3) is 2.90. The van der Waals surface area contributed by atoms with E-state index in [-0.39, 0.29) is 5.82 Å². The highest BCUT2D eigenvalue weighted by Gasteiger charge is 2.33. The Bertz CT molecular complexity index is 464. The molecular weight excluding hydrogens is 255 g/mol. The van der Waals surface area contributed by atoms with Gasteiger partial charge in [0.15, 0.2) is 11.6 Å². The second-order valence-corrected chi connectivity index (χ2v) is 6.00. The highest BCUT2D eigenvalue weighted by Crippen LogP contribution is 2.31. The van der Waals surface area contributed by atoms with Gasteiger partial charge in [-0.1, -0.05) is 6.42 Å². The molecule has 2 N–H and O–H groups in total. The number of hydrogen-bond donors (Lipinski definition) is 1. The van der Waals surface area contributed by atoms with E-state index in [1.165, 1.54) is 51.3 Å². The van der Waals surface area contributed by atoms with Gasteiger partial charge in [0.05, 0.1) is 6.61 Å². The van der Waals surface area contributed by atoms with E-state index in [0.717, 1.165) is 0 Å². The number of anilines is 1. The molecule has 0 aromatic heterocycles. The van der Waals surface area contributed by atoms with Gasteiger partial charge in [-0.2, -0.15) is 0 Å². The van der Waals surface area contributed by atoms with Crippen molar-refractivity contribution in [2.45, 2.75) is 38.1 Å². The van der Waals surface area contributed by atoms with Crippen molar-refractivity contribution in [2.75, 3.05) is 25.4 Å². The van der Waals surface area contributed by atoms with Crippen LogP contribution in [0.5, 0.6) is 5.75 Å². The zero-order valence-corrected chi connectivity index (χ0v) is 11.9. The van der Waals surface area contributed by atoms with Crippen LogP contribution in [0, 0.1) is 11.7 Å². The van der Waals surface area contributed by atoms with Gasteiger partial charge in [0.1, 0.15) is 0 Å². The molecule has 4 heteroatoms. The van der Waals surface area contributed by atoms with Crippen LogP contribution in [0.2, 0.25) is 0 Å². The maximum absolute atomic E-state index is 13.7. The van der Waals surface area contributed by atoms with E-state index in [1.807, 2.05) is 0 Å². The smallest absolute Gasteiger partial charge is 0.167 e. The number of nitrogen functional groups attached to an aromatic ring is 1. The van der Waals surface area contributed by atoms with Gasteiger partial charge in [-0.25, -0.2) is 4.39 Å². The molecule has 0 radical (unpaired) electrons. The van der Waals surface area contributed by atoms with Crippen molar-refractivity contribution in [1.82, 2.24) is 4.90 Å². The topological polar surface area (TPSA) is 38.5 Å². The van der Waals surface area contributed by atoms with Gasteiger partial charge in [0, 0.05) is 23.7 Å². The summed E-state index contributed by atoms with van der Waals surface area (Å²) in [6, 6.07) is 5.27. The standard InChI is InChI=1S/C16H23FN2O/c17-14-10-13(18)6-7-16(14)20-11-12-4-3-9-19-8-2-1-5-15(12)19/h6-7,10,12,15H,1-5,8-9,11,18H2/t12-,15+/m0/s1. The van der Waals surface area contributed by atoms with E-state index in [9.17, 15) is 4.39 Å². The Hall–Kier alpha value is -1.29. The first kappa shape index (κ1) is 13.7. The lowest BCUT2D eigenvalue weighted by molar-refractivity contribution is 0.0358. The van der Waals surface area contributed by atoms with Crippen LogP contribution in [-0.4, -0.2) is 30.6 Å². The molecule has 3 nitrogen and oxygen atoms in total. The normalized spacial score (nSPS) is 27.1. The summed E-state index contributed by atoms with van der Waals surface area (Å²) in [5.74, 6) is 0.495. The summed E-state index contributed by atoms with van der Waals surface area (Å²) in [6.45, 7) is 3.05. The molecule has 2 atom stereocenters. The number of ether oxygens (including phenoxy) is 1. The number of hydrogen-bond acceptors (Lipinski definition) is 3. The number of benzene rings is 1. The number of nitrogens with two attached hydrogens (primary N) is 1. The van der Waals surface area contributed by atoms with Gasteiger partial charge in [0.2, 0.25) is 0 Å². The average Bonchev–Trinajstić information content (AvgIpc) is 2.46. The lowest BCUT2D eigenvalue weighted by Crippen LogP contribution is -2.49. The van der Waals surface area contributed by atoms with Crippen LogP contribution in [0.15, 0.2) is 18.2 Å². The molecule has 0 spiro atoms. The van der Waals surface area contributed by atoms with E-state index in [0.29, 0.717) is 30.0 Å². The first-order valence-corrected chi connectivity index (χ1v) is 7.66. The highest BCUT2D eigenvalue weighted by atomic mass is 19.1. The Kier molecular flexibility index (Phi) is 4.10. The molecule has 0 amide bonds. The monoisotopic (exact) mass is 278 g/mol. The molecule has 2 fully saturated rings. The van der Waals surface area contributed by atoms with Crippen molar-refractivity contribution in [3.05, 3.63) is 24.0 Å². The number of nitrogens with zero attached hydrogens (tertiary/aromatic N) is 1. The van der Waals surface area contributed by atoms with E-state index >= 15 is 0 Å². The fourth-order valence-electron chi connectivity index (χ4n) is 3.60. The summed E-state index contributed by atoms with van der Waals surface area (Å²) >= 11 is 0. The predicted molar refractivity (Wildman–Crippen MR) is 78.2 cm³/mol. The van der Waals surface area contributed by atoms with Crippen molar-refractivity contribution >= 4 is 5.69 Å². The van der Waals surface area contributed by atoms with Crippen molar-refractivity contribution < 1.29 is 9.13 Å². The summed E-state index contributed by atoms with van der Waals surface area (Å²) in [4.78, 5) is 2.60.